The zero-order valence-electron chi connectivity index (χ0n) is 12.7. The van der Waals surface area contributed by atoms with Gasteiger partial charge in [0, 0.05) is 16.7 Å². The van der Waals surface area contributed by atoms with Crippen LogP contribution in [0.2, 0.25) is 0 Å². The van der Waals surface area contributed by atoms with E-state index in [1.54, 1.807) is 32.9 Å². The topological polar surface area (TPSA) is 29.1 Å². The molecular weight excluding hydrogens is 279 g/mol. The van der Waals surface area contributed by atoms with Crippen LogP contribution in [-0.2, 0) is 11.2 Å². The molecule has 0 atom stereocenters. The van der Waals surface area contributed by atoms with E-state index in [0.717, 1.165) is 5.56 Å². The number of carbonyl (C=O) groups excluding carboxylic acids is 1. The average molecular weight is 299 g/mol. The van der Waals surface area contributed by atoms with Crippen LogP contribution in [0.25, 0.3) is 5.57 Å². The van der Waals surface area contributed by atoms with Gasteiger partial charge in [-0.05, 0) is 18.1 Å². The maximum absolute atomic E-state index is 12.9. The number of allylic oxidation sites excluding steroid dienone is 1. The lowest BCUT2D eigenvalue weighted by molar-refractivity contribution is -0.123. The molecule has 5 heteroatoms. The van der Waals surface area contributed by atoms with Crippen molar-refractivity contribution < 1.29 is 18.0 Å². The van der Waals surface area contributed by atoms with Crippen LogP contribution in [0.1, 0.15) is 38.8 Å². The van der Waals surface area contributed by atoms with Gasteiger partial charge in [-0.1, -0.05) is 46.4 Å². The maximum atomic E-state index is 12.9. The fourth-order valence-corrected chi connectivity index (χ4v) is 1.64. The summed E-state index contributed by atoms with van der Waals surface area (Å²) in [6.07, 6.45) is -3.87. The Hall–Kier alpha value is -1.78. The van der Waals surface area contributed by atoms with Crippen LogP contribution in [-0.4, -0.2) is 12.1 Å². The quantitative estimate of drug-likeness (QED) is 0.852. The third-order valence-corrected chi connectivity index (χ3v) is 3.09. The van der Waals surface area contributed by atoms with Crippen LogP contribution in [0.15, 0.2) is 24.8 Å². The normalized spacial score (nSPS) is 12.1. The first kappa shape index (κ1) is 17.3. The molecule has 0 bridgehead atoms. The van der Waals surface area contributed by atoms with E-state index in [1.165, 1.54) is 6.07 Å². The Morgan fingerprint density at radius 3 is 2.24 bits per heavy atom. The molecule has 0 saturated heterocycles. The summed E-state index contributed by atoms with van der Waals surface area (Å²) in [5, 5.41) is 2.58. The van der Waals surface area contributed by atoms with Gasteiger partial charge in [-0.2, -0.15) is 13.2 Å². The molecule has 0 aromatic heterocycles. The molecular formula is C16H20F3NO. The summed E-state index contributed by atoms with van der Waals surface area (Å²) in [5.41, 5.74) is -0.764. The predicted octanol–water partition coefficient (Wildman–Crippen LogP) is 4.81. The number of amides is 1. The summed E-state index contributed by atoms with van der Waals surface area (Å²) in [4.78, 5) is 12.0. The van der Waals surface area contributed by atoms with Crippen LogP contribution in [0.4, 0.5) is 18.9 Å². The monoisotopic (exact) mass is 299 g/mol. The number of anilines is 1. The van der Waals surface area contributed by atoms with Gasteiger partial charge in [0.05, 0.1) is 5.57 Å². The summed E-state index contributed by atoms with van der Waals surface area (Å²) in [5.74, 6) is -0.341. The molecule has 0 aliphatic carbocycles. The van der Waals surface area contributed by atoms with E-state index >= 15 is 0 Å². The van der Waals surface area contributed by atoms with Crippen molar-refractivity contribution in [1.82, 2.24) is 0 Å². The number of rotatable bonds is 3. The van der Waals surface area contributed by atoms with E-state index < -0.39 is 17.2 Å². The van der Waals surface area contributed by atoms with Gasteiger partial charge in [0.15, 0.2) is 0 Å². The number of hydrogen-bond acceptors (Lipinski definition) is 1. The van der Waals surface area contributed by atoms with Crippen molar-refractivity contribution in [1.29, 1.82) is 0 Å². The summed E-state index contributed by atoms with van der Waals surface area (Å²) in [7, 11) is 0. The van der Waals surface area contributed by atoms with Gasteiger partial charge in [0.25, 0.3) is 0 Å². The first-order chi connectivity index (χ1) is 9.46. The summed E-state index contributed by atoms with van der Waals surface area (Å²) in [6.45, 7) is 10.1. The highest BCUT2D eigenvalue weighted by Crippen LogP contribution is 2.36. The highest BCUT2D eigenvalue weighted by atomic mass is 19.4. The highest BCUT2D eigenvalue weighted by Gasteiger charge is 2.34. The Labute approximate surface area is 123 Å². The summed E-state index contributed by atoms with van der Waals surface area (Å²) < 4.78 is 38.6. The van der Waals surface area contributed by atoms with Crippen LogP contribution in [0.5, 0.6) is 0 Å². The van der Waals surface area contributed by atoms with Crippen molar-refractivity contribution >= 4 is 17.2 Å². The van der Waals surface area contributed by atoms with E-state index in [9.17, 15) is 18.0 Å². The number of aryl methyl sites for hydroxylation is 1. The Morgan fingerprint density at radius 2 is 1.81 bits per heavy atom. The standard InChI is InChI=1S/C16H20F3NO/c1-6-11-7-8-12(10(2)16(17,18)19)13(9-11)20-14(21)15(3,4)5/h7-9H,2,6H2,1,3-5H3,(H,20,21). The van der Waals surface area contributed by atoms with Crippen molar-refractivity contribution in [3.05, 3.63) is 35.9 Å². The largest absolute Gasteiger partial charge is 0.416 e. The van der Waals surface area contributed by atoms with Crippen molar-refractivity contribution in [2.24, 2.45) is 5.41 Å². The molecule has 1 amide bonds. The number of hydrogen-bond donors (Lipinski definition) is 1. The summed E-state index contributed by atoms with van der Waals surface area (Å²) >= 11 is 0. The minimum Gasteiger partial charge on any atom is -0.325 e. The van der Waals surface area contributed by atoms with Crippen molar-refractivity contribution in [3.8, 4) is 0 Å². The first-order valence-electron chi connectivity index (χ1n) is 6.67. The van der Waals surface area contributed by atoms with Gasteiger partial charge in [0.1, 0.15) is 0 Å². The number of benzene rings is 1. The molecule has 1 N–H and O–H groups in total. The zero-order chi connectivity index (χ0) is 16.4. The van der Waals surface area contributed by atoms with Gasteiger partial charge < -0.3 is 5.32 Å². The minimum atomic E-state index is -4.53. The molecule has 0 spiro atoms. The number of halogens is 3. The van der Waals surface area contributed by atoms with Crippen LogP contribution < -0.4 is 5.32 Å². The van der Waals surface area contributed by atoms with E-state index in [-0.39, 0.29) is 17.2 Å². The van der Waals surface area contributed by atoms with E-state index in [0.29, 0.717) is 6.42 Å². The van der Waals surface area contributed by atoms with Crippen LogP contribution in [0, 0.1) is 5.41 Å². The van der Waals surface area contributed by atoms with Gasteiger partial charge in [0.2, 0.25) is 5.91 Å². The Balaban J connectivity index is 3.27. The lowest BCUT2D eigenvalue weighted by atomic mass is 9.94. The first-order valence-corrected chi connectivity index (χ1v) is 6.67. The minimum absolute atomic E-state index is 0.0997. The molecule has 1 rings (SSSR count). The lowest BCUT2D eigenvalue weighted by Crippen LogP contribution is -2.28. The number of carbonyl (C=O) groups is 1. The van der Waals surface area contributed by atoms with Crippen LogP contribution >= 0.6 is 0 Å². The molecule has 0 fully saturated rings. The Morgan fingerprint density at radius 1 is 1.24 bits per heavy atom. The maximum Gasteiger partial charge on any atom is 0.416 e. The Bertz CT molecular complexity index is 554. The highest BCUT2D eigenvalue weighted by molar-refractivity contribution is 5.97. The zero-order valence-corrected chi connectivity index (χ0v) is 12.7. The fourth-order valence-electron chi connectivity index (χ4n) is 1.64. The number of alkyl halides is 3. The molecule has 1 aromatic carbocycles. The molecule has 2 nitrogen and oxygen atoms in total. The molecule has 0 heterocycles. The second-order valence-electron chi connectivity index (χ2n) is 5.91. The molecule has 0 saturated carbocycles. The molecule has 0 unspecified atom stereocenters. The third kappa shape index (κ3) is 4.34. The fraction of sp³-hybridized carbons (Fsp3) is 0.438. The smallest absolute Gasteiger partial charge is 0.325 e. The summed E-state index contributed by atoms with van der Waals surface area (Å²) in [6, 6.07) is 4.53. The van der Waals surface area contributed by atoms with Crippen LogP contribution in [0.3, 0.4) is 0 Å². The molecule has 0 aliphatic heterocycles. The van der Waals surface area contributed by atoms with Gasteiger partial charge in [-0.3, -0.25) is 4.79 Å². The molecule has 21 heavy (non-hydrogen) atoms. The molecule has 0 aliphatic rings. The second-order valence-corrected chi connectivity index (χ2v) is 5.91. The predicted molar refractivity (Wildman–Crippen MR) is 79.0 cm³/mol. The van der Waals surface area contributed by atoms with Gasteiger partial charge in [-0.15, -0.1) is 0 Å². The molecule has 116 valence electrons. The lowest BCUT2D eigenvalue weighted by Gasteiger charge is -2.21. The molecule has 1 aromatic rings. The van der Waals surface area contributed by atoms with Gasteiger partial charge in [-0.25, -0.2) is 0 Å². The van der Waals surface area contributed by atoms with E-state index in [1.807, 2.05) is 6.92 Å². The van der Waals surface area contributed by atoms with Crippen molar-refractivity contribution in [2.45, 2.75) is 40.3 Å². The van der Waals surface area contributed by atoms with Gasteiger partial charge >= 0.3 is 6.18 Å². The third-order valence-electron chi connectivity index (χ3n) is 3.09. The van der Waals surface area contributed by atoms with Crippen molar-refractivity contribution in [2.75, 3.05) is 5.32 Å². The van der Waals surface area contributed by atoms with E-state index in [2.05, 4.69) is 11.9 Å². The van der Waals surface area contributed by atoms with Crippen molar-refractivity contribution in [3.63, 3.8) is 0 Å². The Kier molecular flexibility index (Phi) is 4.87. The average Bonchev–Trinajstić information content (AvgIpc) is 2.35. The second kappa shape index (κ2) is 5.92. The number of nitrogens with one attached hydrogen (secondary N) is 1. The SMILES string of the molecule is C=C(c1ccc(CC)cc1NC(=O)C(C)(C)C)C(F)(F)F. The molecule has 0 radical (unpaired) electrons. The van der Waals surface area contributed by atoms with E-state index in [4.69, 9.17) is 0 Å².